The first-order valence-corrected chi connectivity index (χ1v) is 11.6. The summed E-state index contributed by atoms with van der Waals surface area (Å²) in [7, 11) is 0. The summed E-state index contributed by atoms with van der Waals surface area (Å²) < 4.78 is 2.30. The van der Waals surface area contributed by atoms with Crippen LogP contribution in [0.25, 0.3) is 0 Å². The zero-order chi connectivity index (χ0) is 19.2. The van der Waals surface area contributed by atoms with Gasteiger partial charge in [-0.15, -0.1) is 21.5 Å². The highest BCUT2D eigenvalue weighted by Gasteiger charge is 2.23. The van der Waals surface area contributed by atoms with Crippen LogP contribution in [0.5, 0.6) is 0 Å². The van der Waals surface area contributed by atoms with E-state index in [2.05, 4.69) is 37.6 Å². The van der Waals surface area contributed by atoms with Crippen molar-refractivity contribution in [3.8, 4) is 0 Å². The third kappa shape index (κ3) is 4.83. The molecule has 1 aliphatic carbocycles. The molecule has 0 radical (unpaired) electrons. The number of hydrogen-bond donors (Lipinski definition) is 1. The van der Waals surface area contributed by atoms with Gasteiger partial charge in [-0.2, -0.15) is 0 Å². The monoisotopic (exact) mass is 412 g/mol. The maximum atomic E-state index is 12.3. The van der Waals surface area contributed by atoms with Crippen LogP contribution < -0.4 is 5.32 Å². The van der Waals surface area contributed by atoms with E-state index in [4.69, 9.17) is 0 Å². The van der Waals surface area contributed by atoms with E-state index < -0.39 is 0 Å². The number of para-hydroxylation sites is 1. The SMILES string of the molecule is O=C(CSc1nnc(Cc2cccs2)n1C1CCCCC1)Nc1ccccc1. The summed E-state index contributed by atoms with van der Waals surface area (Å²) in [5.41, 5.74) is 0.820. The summed E-state index contributed by atoms with van der Waals surface area (Å²) in [4.78, 5) is 13.6. The van der Waals surface area contributed by atoms with E-state index in [0.29, 0.717) is 11.8 Å². The lowest BCUT2D eigenvalue weighted by Gasteiger charge is -2.25. The number of nitrogens with zero attached hydrogens (tertiary/aromatic N) is 3. The Kier molecular flexibility index (Phi) is 6.44. The van der Waals surface area contributed by atoms with Gasteiger partial charge in [-0.05, 0) is 36.4 Å². The van der Waals surface area contributed by atoms with Crippen LogP contribution in [-0.2, 0) is 11.2 Å². The highest BCUT2D eigenvalue weighted by atomic mass is 32.2. The lowest BCUT2D eigenvalue weighted by molar-refractivity contribution is -0.113. The minimum Gasteiger partial charge on any atom is -0.325 e. The second-order valence-electron chi connectivity index (χ2n) is 7.02. The van der Waals surface area contributed by atoms with Gasteiger partial charge < -0.3 is 9.88 Å². The third-order valence-electron chi connectivity index (χ3n) is 4.98. The number of anilines is 1. The van der Waals surface area contributed by atoms with Crippen LogP contribution in [-0.4, -0.2) is 26.4 Å². The van der Waals surface area contributed by atoms with Gasteiger partial charge in [0.2, 0.25) is 5.91 Å². The second kappa shape index (κ2) is 9.39. The molecular formula is C21H24N4OS2. The molecule has 0 bridgehead atoms. The van der Waals surface area contributed by atoms with Crippen LogP contribution in [0.2, 0.25) is 0 Å². The van der Waals surface area contributed by atoms with Crippen molar-refractivity contribution in [1.29, 1.82) is 0 Å². The zero-order valence-electron chi connectivity index (χ0n) is 15.7. The van der Waals surface area contributed by atoms with Crippen LogP contribution in [0.1, 0.15) is 48.8 Å². The Balaban J connectivity index is 1.47. The highest BCUT2D eigenvalue weighted by molar-refractivity contribution is 7.99. The normalized spacial score (nSPS) is 14.9. The highest BCUT2D eigenvalue weighted by Crippen LogP contribution is 2.33. The number of thioether (sulfide) groups is 1. The first kappa shape index (κ1) is 19.2. The van der Waals surface area contributed by atoms with Crippen molar-refractivity contribution in [3.63, 3.8) is 0 Å². The van der Waals surface area contributed by atoms with E-state index in [0.717, 1.165) is 23.1 Å². The van der Waals surface area contributed by atoms with E-state index in [9.17, 15) is 4.79 Å². The molecule has 1 amide bonds. The summed E-state index contributed by atoms with van der Waals surface area (Å²) >= 11 is 3.23. The van der Waals surface area contributed by atoms with Gasteiger partial charge in [-0.3, -0.25) is 4.79 Å². The lowest BCUT2D eigenvalue weighted by atomic mass is 9.95. The van der Waals surface area contributed by atoms with Crippen molar-refractivity contribution in [1.82, 2.24) is 14.8 Å². The molecule has 3 aromatic rings. The first-order chi connectivity index (χ1) is 13.8. The number of hydrogen-bond acceptors (Lipinski definition) is 5. The van der Waals surface area contributed by atoms with Crippen LogP contribution in [0.15, 0.2) is 53.0 Å². The molecular weight excluding hydrogens is 388 g/mol. The number of benzene rings is 1. The number of carbonyl (C=O) groups excluding carboxylic acids is 1. The van der Waals surface area contributed by atoms with Gasteiger partial charge in [0, 0.05) is 23.0 Å². The Bertz CT molecular complexity index is 887. The molecule has 1 N–H and O–H groups in total. The van der Waals surface area contributed by atoms with Crippen molar-refractivity contribution >= 4 is 34.7 Å². The number of aromatic nitrogens is 3. The Morgan fingerprint density at radius 2 is 1.93 bits per heavy atom. The fourth-order valence-electron chi connectivity index (χ4n) is 3.65. The fourth-order valence-corrected chi connectivity index (χ4v) is 5.18. The number of amides is 1. The van der Waals surface area contributed by atoms with Crippen molar-refractivity contribution < 1.29 is 4.79 Å². The Morgan fingerprint density at radius 1 is 1.11 bits per heavy atom. The average molecular weight is 413 g/mol. The molecule has 0 saturated heterocycles. The minimum absolute atomic E-state index is 0.0193. The van der Waals surface area contributed by atoms with Gasteiger partial charge in [0.25, 0.3) is 0 Å². The molecule has 2 heterocycles. The molecule has 2 aromatic heterocycles. The number of rotatable bonds is 7. The number of thiophene rings is 1. The smallest absolute Gasteiger partial charge is 0.234 e. The van der Waals surface area contributed by atoms with Crippen molar-refractivity contribution in [2.75, 3.05) is 11.1 Å². The fraction of sp³-hybridized carbons (Fsp3) is 0.381. The molecule has 146 valence electrons. The standard InChI is InChI=1S/C21H24N4OS2/c26-20(22-16-8-3-1-4-9-16)15-28-21-24-23-19(14-18-12-7-13-27-18)25(21)17-10-5-2-6-11-17/h1,3-4,7-9,12-13,17H,2,5-6,10-11,14-15H2,(H,22,26). The predicted molar refractivity (Wildman–Crippen MR) is 115 cm³/mol. The summed E-state index contributed by atoms with van der Waals surface area (Å²) in [6.45, 7) is 0. The van der Waals surface area contributed by atoms with E-state index >= 15 is 0 Å². The molecule has 28 heavy (non-hydrogen) atoms. The summed E-state index contributed by atoms with van der Waals surface area (Å²) in [5.74, 6) is 1.33. The maximum absolute atomic E-state index is 12.3. The molecule has 0 spiro atoms. The Labute approximate surface area is 173 Å². The molecule has 7 heteroatoms. The molecule has 0 atom stereocenters. The average Bonchev–Trinajstić information content (AvgIpc) is 3.38. The van der Waals surface area contributed by atoms with Crippen LogP contribution in [0.4, 0.5) is 5.69 Å². The Hall–Kier alpha value is -2.12. The number of carbonyl (C=O) groups is 1. The topological polar surface area (TPSA) is 59.8 Å². The maximum Gasteiger partial charge on any atom is 0.234 e. The second-order valence-corrected chi connectivity index (χ2v) is 8.99. The lowest BCUT2D eigenvalue weighted by Crippen LogP contribution is -2.18. The molecule has 1 saturated carbocycles. The molecule has 1 fully saturated rings. The predicted octanol–water partition coefficient (Wildman–Crippen LogP) is 5.17. The van der Waals surface area contributed by atoms with Gasteiger partial charge in [0.05, 0.1) is 5.75 Å². The Morgan fingerprint density at radius 3 is 2.68 bits per heavy atom. The summed E-state index contributed by atoms with van der Waals surface area (Å²) in [6.07, 6.45) is 6.94. The van der Waals surface area contributed by atoms with Gasteiger partial charge >= 0.3 is 0 Å². The summed E-state index contributed by atoms with van der Waals surface area (Å²) in [6, 6.07) is 14.2. The summed E-state index contributed by atoms with van der Waals surface area (Å²) in [5, 5.41) is 14.8. The van der Waals surface area contributed by atoms with Crippen molar-refractivity contribution in [3.05, 3.63) is 58.5 Å². The van der Waals surface area contributed by atoms with Crippen molar-refractivity contribution in [2.45, 2.75) is 49.7 Å². The molecule has 0 unspecified atom stereocenters. The van der Waals surface area contributed by atoms with Gasteiger partial charge in [0.1, 0.15) is 5.82 Å². The van der Waals surface area contributed by atoms with Gasteiger partial charge in [0.15, 0.2) is 5.16 Å². The van der Waals surface area contributed by atoms with Gasteiger partial charge in [-0.25, -0.2) is 0 Å². The van der Waals surface area contributed by atoms with Crippen LogP contribution >= 0.6 is 23.1 Å². The van der Waals surface area contributed by atoms with Gasteiger partial charge in [-0.1, -0.05) is 55.3 Å². The molecule has 4 rings (SSSR count). The number of nitrogens with one attached hydrogen (secondary N) is 1. The quantitative estimate of drug-likeness (QED) is 0.544. The van der Waals surface area contributed by atoms with E-state index in [-0.39, 0.29) is 5.91 Å². The largest absolute Gasteiger partial charge is 0.325 e. The third-order valence-corrected chi connectivity index (χ3v) is 6.80. The van der Waals surface area contributed by atoms with E-state index in [1.165, 1.54) is 48.7 Å². The molecule has 1 aliphatic rings. The van der Waals surface area contributed by atoms with Crippen LogP contribution in [0.3, 0.4) is 0 Å². The minimum atomic E-state index is -0.0193. The van der Waals surface area contributed by atoms with E-state index in [1.807, 2.05) is 30.3 Å². The van der Waals surface area contributed by atoms with Crippen molar-refractivity contribution in [2.24, 2.45) is 0 Å². The molecule has 5 nitrogen and oxygen atoms in total. The van der Waals surface area contributed by atoms with E-state index in [1.54, 1.807) is 11.3 Å². The first-order valence-electron chi connectivity index (χ1n) is 9.73. The molecule has 1 aromatic carbocycles. The molecule has 0 aliphatic heterocycles. The van der Waals surface area contributed by atoms with Crippen LogP contribution in [0, 0.1) is 0 Å². The zero-order valence-corrected chi connectivity index (χ0v) is 17.3.